The monoisotopic (exact) mass is 709 g/mol. The van der Waals surface area contributed by atoms with Crippen LogP contribution in [0.5, 0.6) is 5.75 Å². The molecule has 0 bridgehead atoms. The molecule has 4 nitrogen and oxygen atoms in total. The Balaban J connectivity index is 2.08. The van der Waals surface area contributed by atoms with Gasteiger partial charge in [-0.3, -0.25) is 9.59 Å². The van der Waals surface area contributed by atoms with Crippen LogP contribution in [0.4, 0.5) is 58.4 Å². The van der Waals surface area contributed by atoms with E-state index in [2.05, 4.69) is 20.7 Å². The molecule has 0 saturated heterocycles. The van der Waals surface area contributed by atoms with Crippen LogP contribution in [0.2, 0.25) is 0 Å². The van der Waals surface area contributed by atoms with Crippen molar-refractivity contribution in [3.8, 4) is 5.75 Å². The molecule has 0 spiro atoms. The summed E-state index contributed by atoms with van der Waals surface area (Å²) in [6, 6.07) is 4.52. The smallest absolute Gasteiger partial charge is 0.434 e. The van der Waals surface area contributed by atoms with E-state index in [0.29, 0.717) is 11.0 Å². The van der Waals surface area contributed by atoms with Crippen molar-refractivity contribution in [2.24, 2.45) is 0 Å². The summed E-state index contributed by atoms with van der Waals surface area (Å²) in [6.07, 6.45) is -14.4. The molecule has 44 heavy (non-hydrogen) atoms. The molecule has 17 heteroatoms. The molecule has 0 aliphatic heterocycles. The van der Waals surface area contributed by atoms with Crippen molar-refractivity contribution in [1.82, 2.24) is 0 Å². The lowest BCUT2D eigenvalue weighted by Crippen LogP contribution is -2.50. The lowest BCUT2D eigenvalue weighted by atomic mass is 9.91. The molecule has 0 atom stereocenters. The highest BCUT2D eigenvalue weighted by molar-refractivity contribution is 9.10. The number of carbonyl (C=O) groups excluding carboxylic acids is 2. The van der Waals surface area contributed by atoms with Gasteiger partial charge >= 0.3 is 24.6 Å². The molecule has 0 aromatic heterocycles. The lowest BCUT2D eigenvalue weighted by molar-refractivity contribution is -0.348. The predicted molar refractivity (Wildman–Crippen MR) is 134 cm³/mol. The van der Waals surface area contributed by atoms with Crippen LogP contribution in [0, 0.1) is 17.5 Å². The van der Waals surface area contributed by atoms with E-state index in [1.807, 2.05) is 0 Å². The van der Waals surface area contributed by atoms with Gasteiger partial charge in [0.25, 0.3) is 5.91 Å². The Kier molecular flexibility index (Phi) is 10.0. The summed E-state index contributed by atoms with van der Waals surface area (Å²) < 4.78 is 167. The van der Waals surface area contributed by atoms with Gasteiger partial charge in [0, 0.05) is 34.6 Å². The first-order valence-corrected chi connectivity index (χ1v) is 12.7. The van der Waals surface area contributed by atoms with Crippen molar-refractivity contribution in [1.29, 1.82) is 0 Å². The van der Waals surface area contributed by atoms with Gasteiger partial charge in [-0.25, -0.2) is 17.6 Å². The predicted octanol–water partition coefficient (Wildman–Crippen LogP) is 8.85. The normalized spacial score (nSPS) is 12.4. The van der Waals surface area contributed by atoms with Crippen molar-refractivity contribution < 1.29 is 67.0 Å². The fraction of sp³-hybridized carbons (Fsp3) is 0.259. The second kappa shape index (κ2) is 12.7. The van der Waals surface area contributed by atoms with E-state index >= 15 is 4.39 Å². The van der Waals surface area contributed by atoms with Crippen molar-refractivity contribution in [2.75, 3.05) is 11.4 Å². The minimum atomic E-state index is -6.60. The Hall–Kier alpha value is -3.76. The minimum Gasteiger partial charge on any atom is -0.434 e. The van der Waals surface area contributed by atoms with Gasteiger partial charge in [0.1, 0.15) is 17.4 Å². The highest BCUT2D eigenvalue weighted by Gasteiger charge is 2.73. The Morgan fingerprint density at radius 2 is 1.50 bits per heavy atom. The quantitative estimate of drug-likeness (QED) is 0.165. The maximum Gasteiger partial charge on any atom is 0.435 e. The van der Waals surface area contributed by atoms with E-state index in [1.165, 1.54) is 6.92 Å². The van der Waals surface area contributed by atoms with Crippen LogP contribution in [-0.2, 0) is 12.1 Å². The molecule has 3 rings (SSSR count). The first-order valence-electron chi connectivity index (χ1n) is 11.9. The van der Waals surface area contributed by atoms with Crippen LogP contribution in [-0.4, -0.2) is 37.2 Å². The molecule has 238 valence electrons. The van der Waals surface area contributed by atoms with Gasteiger partial charge in [-0.05, 0) is 43.3 Å². The second-order valence-corrected chi connectivity index (χ2v) is 9.73. The number of ketones is 1. The molecule has 3 aromatic carbocycles. The summed E-state index contributed by atoms with van der Waals surface area (Å²) >= 11 is 2.55. The van der Waals surface area contributed by atoms with Crippen LogP contribution in [0.3, 0.4) is 0 Å². The average Bonchev–Trinajstić information content (AvgIpc) is 2.89. The average molecular weight is 710 g/mol. The maximum absolute atomic E-state index is 15.6. The number of anilines is 1. The molecule has 3 aromatic rings. The van der Waals surface area contributed by atoms with Crippen LogP contribution in [0.15, 0.2) is 53.0 Å². The molecule has 0 aliphatic carbocycles. The van der Waals surface area contributed by atoms with Crippen molar-refractivity contribution in [3.05, 3.63) is 92.7 Å². The summed E-state index contributed by atoms with van der Waals surface area (Å²) in [6.45, 7) is -2.84. The molecule has 0 radical (unpaired) electrons. The Morgan fingerprint density at radius 3 is 2.02 bits per heavy atom. The topological polar surface area (TPSA) is 46.6 Å². The number of alkyl halides is 9. The molecule has 0 N–H and O–H groups in total. The van der Waals surface area contributed by atoms with Crippen molar-refractivity contribution in [3.63, 3.8) is 0 Å². The van der Waals surface area contributed by atoms with Gasteiger partial charge < -0.3 is 9.64 Å². The first kappa shape index (κ1) is 34.7. The van der Waals surface area contributed by atoms with Crippen LogP contribution < -0.4 is 9.64 Å². The van der Waals surface area contributed by atoms with Crippen LogP contribution in [0.1, 0.15) is 38.8 Å². The number of carbonyl (C=O) groups is 2. The van der Waals surface area contributed by atoms with Crippen LogP contribution >= 0.6 is 15.9 Å². The number of hydrogen-bond donors (Lipinski definition) is 0. The molecule has 0 fully saturated rings. The summed E-state index contributed by atoms with van der Waals surface area (Å²) in [5.41, 5.74) is -11.1. The number of Topliss-reactive ketones (excluding diaryl/α,β-unsaturated/α-hetero) is 1. The molecular formula is C27H16BrF12NO3. The Bertz CT molecular complexity index is 1560. The van der Waals surface area contributed by atoms with E-state index in [0.717, 1.165) is 30.3 Å². The van der Waals surface area contributed by atoms with Crippen LogP contribution in [0.25, 0.3) is 0 Å². The standard InChI is InChI=1S/C27H16BrF12NO3/c1-2-41(23(43)14-7-6-13(29)10-18(14)30)19-5-3-4-15(22(19)31)20(42)11-16-17(28)8-12(9-21(16)44-24(32)33)25(34,26(35,36)37)27(38,39)40/h3-10,24H,2,11H2,1H3. The third kappa shape index (κ3) is 6.66. The number of amides is 1. The number of benzene rings is 3. The minimum absolute atomic E-state index is 0.0383. The van der Waals surface area contributed by atoms with Crippen molar-refractivity contribution in [2.45, 2.75) is 38.0 Å². The fourth-order valence-corrected chi connectivity index (χ4v) is 4.68. The van der Waals surface area contributed by atoms with Gasteiger partial charge in [-0.15, -0.1) is 0 Å². The number of hydrogen-bond acceptors (Lipinski definition) is 3. The van der Waals surface area contributed by atoms with E-state index in [9.17, 15) is 57.9 Å². The number of halogens is 13. The third-order valence-electron chi connectivity index (χ3n) is 6.18. The SMILES string of the molecule is CCN(C(=O)c1ccc(F)cc1F)c1cccc(C(=O)Cc2c(Br)cc(C(F)(C(F)(F)F)C(F)(F)F)cc2OC(F)F)c1F. The summed E-state index contributed by atoms with van der Waals surface area (Å²) in [5.74, 6) is -7.60. The van der Waals surface area contributed by atoms with Crippen molar-refractivity contribution >= 4 is 33.3 Å². The van der Waals surface area contributed by atoms with E-state index in [-0.39, 0.29) is 18.7 Å². The van der Waals surface area contributed by atoms with E-state index in [1.54, 1.807) is 0 Å². The summed E-state index contributed by atoms with van der Waals surface area (Å²) in [7, 11) is 0. The lowest BCUT2D eigenvalue weighted by Gasteiger charge is -2.31. The molecule has 0 aliphatic rings. The van der Waals surface area contributed by atoms with Gasteiger partial charge in [0.05, 0.1) is 16.8 Å². The Morgan fingerprint density at radius 1 is 0.886 bits per heavy atom. The van der Waals surface area contributed by atoms with Gasteiger partial charge in [-0.1, -0.05) is 22.0 Å². The highest BCUT2D eigenvalue weighted by atomic mass is 79.9. The maximum atomic E-state index is 15.6. The first-order chi connectivity index (χ1) is 20.2. The third-order valence-corrected chi connectivity index (χ3v) is 6.89. The van der Waals surface area contributed by atoms with Gasteiger partial charge in [-0.2, -0.15) is 35.1 Å². The zero-order valence-electron chi connectivity index (χ0n) is 21.7. The number of nitrogens with zero attached hydrogens (tertiary/aromatic N) is 1. The molecule has 0 unspecified atom stereocenters. The van der Waals surface area contributed by atoms with E-state index in [4.69, 9.17) is 0 Å². The zero-order valence-corrected chi connectivity index (χ0v) is 23.3. The molecule has 0 saturated carbocycles. The van der Waals surface area contributed by atoms with Gasteiger partial charge in [0.15, 0.2) is 11.6 Å². The second-order valence-electron chi connectivity index (χ2n) is 8.88. The Labute approximate surface area is 248 Å². The number of ether oxygens (including phenoxy) is 1. The zero-order chi connectivity index (χ0) is 33.4. The summed E-state index contributed by atoms with van der Waals surface area (Å²) in [5, 5.41) is 0. The molecule has 1 amide bonds. The fourth-order valence-electron chi connectivity index (χ4n) is 4.10. The molecule has 0 heterocycles. The highest BCUT2D eigenvalue weighted by Crippen LogP contribution is 2.54. The number of rotatable bonds is 9. The van der Waals surface area contributed by atoms with Gasteiger partial charge in [0.2, 0.25) is 0 Å². The largest absolute Gasteiger partial charge is 0.435 e. The van der Waals surface area contributed by atoms with E-state index < -0.39 is 98.4 Å². The summed E-state index contributed by atoms with van der Waals surface area (Å²) in [4.78, 5) is 26.7. The molecular weight excluding hydrogens is 694 g/mol.